The number of aromatic nitrogens is 2. The molecular weight excluding hydrogens is 222 g/mol. The molecule has 18 heavy (non-hydrogen) atoms. The smallest absolute Gasteiger partial charge is 0.0492 e. The van der Waals surface area contributed by atoms with Gasteiger partial charge in [-0.3, -0.25) is 4.68 Å². The van der Waals surface area contributed by atoms with Gasteiger partial charge in [-0.05, 0) is 43.7 Å². The van der Waals surface area contributed by atoms with Crippen molar-refractivity contribution in [3.63, 3.8) is 0 Å². The summed E-state index contributed by atoms with van der Waals surface area (Å²) in [5, 5.41) is 8.08. The molecule has 102 valence electrons. The van der Waals surface area contributed by atoms with Gasteiger partial charge in [0, 0.05) is 30.9 Å². The summed E-state index contributed by atoms with van der Waals surface area (Å²) < 4.78 is 2.06. The summed E-state index contributed by atoms with van der Waals surface area (Å²) in [4.78, 5) is 0. The molecule has 1 fully saturated rings. The summed E-state index contributed by atoms with van der Waals surface area (Å²) in [6, 6.07) is 2.88. The molecule has 2 atom stereocenters. The fraction of sp³-hybridized carbons (Fsp3) is 0.800. The summed E-state index contributed by atoms with van der Waals surface area (Å²) in [6.45, 7) is 8.06. The van der Waals surface area contributed by atoms with Crippen molar-refractivity contribution in [2.75, 3.05) is 6.54 Å². The monoisotopic (exact) mass is 249 g/mol. The predicted octanol–water partition coefficient (Wildman–Crippen LogP) is 3.08. The van der Waals surface area contributed by atoms with E-state index in [4.69, 9.17) is 0 Å². The van der Waals surface area contributed by atoms with Crippen molar-refractivity contribution < 1.29 is 0 Å². The van der Waals surface area contributed by atoms with Crippen LogP contribution < -0.4 is 5.32 Å². The first-order valence-corrected chi connectivity index (χ1v) is 7.40. The summed E-state index contributed by atoms with van der Waals surface area (Å²) in [5.74, 6) is 0.675. The molecule has 0 radical (unpaired) electrons. The SMILES string of the molecule is CCCNC1CC(c2ccnn2C)C1(CC)CC. The van der Waals surface area contributed by atoms with E-state index in [1.807, 2.05) is 6.20 Å². The zero-order valence-corrected chi connectivity index (χ0v) is 12.2. The number of aryl methyl sites for hydroxylation is 1. The lowest BCUT2D eigenvalue weighted by Gasteiger charge is -2.56. The lowest BCUT2D eigenvalue weighted by Crippen LogP contribution is -2.58. The van der Waals surface area contributed by atoms with E-state index in [-0.39, 0.29) is 0 Å². The largest absolute Gasteiger partial charge is 0.313 e. The van der Waals surface area contributed by atoms with Gasteiger partial charge in [0.05, 0.1) is 0 Å². The van der Waals surface area contributed by atoms with Crippen molar-refractivity contribution in [3.05, 3.63) is 18.0 Å². The van der Waals surface area contributed by atoms with Crippen LogP contribution in [0.15, 0.2) is 12.3 Å². The number of nitrogens with zero attached hydrogens (tertiary/aromatic N) is 2. The molecule has 0 aliphatic heterocycles. The minimum Gasteiger partial charge on any atom is -0.313 e. The second-order valence-corrected chi connectivity index (χ2v) is 5.61. The Kier molecular flexibility index (Phi) is 4.10. The van der Waals surface area contributed by atoms with E-state index in [2.05, 4.69) is 49.0 Å². The number of rotatable bonds is 6. The van der Waals surface area contributed by atoms with Crippen LogP contribution in [0.3, 0.4) is 0 Å². The van der Waals surface area contributed by atoms with E-state index in [0.717, 1.165) is 6.54 Å². The van der Waals surface area contributed by atoms with Crippen molar-refractivity contribution in [1.29, 1.82) is 0 Å². The van der Waals surface area contributed by atoms with Crippen LogP contribution in [0.25, 0.3) is 0 Å². The highest BCUT2D eigenvalue weighted by Crippen LogP contribution is 2.57. The topological polar surface area (TPSA) is 29.9 Å². The quantitative estimate of drug-likeness (QED) is 0.839. The maximum atomic E-state index is 4.34. The summed E-state index contributed by atoms with van der Waals surface area (Å²) in [7, 11) is 2.07. The summed E-state index contributed by atoms with van der Waals surface area (Å²) in [5.41, 5.74) is 1.84. The minimum atomic E-state index is 0.433. The molecule has 0 amide bonds. The van der Waals surface area contributed by atoms with Gasteiger partial charge in [0.15, 0.2) is 0 Å². The third-order valence-electron chi connectivity index (χ3n) is 5.03. The van der Waals surface area contributed by atoms with Crippen LogP contribution in [0, 0.1) is 5.41 Å². The average Bonchev–Trinajstić information content (AvgIpc) is 2.76. The molecule has 1 aromatic heterocycles. The molecule has 1 aliphatic rings. The van der Waals surface area contributed by atoms with E-state index in [1.54, 1.807) is 0 Å². The molecule has 0 saturated heterocycles. The molecule has 0 bridgehead atoms. The Labute approximate surface area is 111 Å². The van der Waals surface area contributed by atoms with Gasteiger partial charge in [0.25, 0.3) is 0 Å². The standard InChI is InChI=1S/C15H27N3/c1-5-9-16-14-11-12(15(14,6-2)7-3)13-8-10-17-18(13)4/h8,10,12,14,16H,5-7,9,11H2,1-4H3. The second kappa shape index (κ2) is 5.43. The number of hydrogen-bond acceptors (Lipinski definition) is 2. The van der Waals surface area contributed by atoms with E-state index in [0.29, 0.717) is 17.4 Å². The van der Waals surface area contributed by atoms with Gasteiger partial charge in [-0.15, -0.1) is 0 Å². The highest BCUT2D eigenvalue weighted by Gasteiger charge is 2.53. The van der Waals surface area contributed by atoms with Gasteiger partial charge >= 0.3 is 0 Å². The number of hydrogen-bond donors (Lipinski definition) is 1. The molecule has 1 saturated carbocycles. The Balaban J connectivity index is 2.17. The number of nitrogens with one attached hydrogen (secondary N) is 1. The highest BCUT2D eigenvalue weighted by atomic mass is 15.3. The molecule has 0 spiro atoms. The molecule has 1 N–H and O–H groups in total. The Morgan fingerprint density at radius 1 is 1.39 bits per heavy atom. The molecule has 1 heterocycles. The van der Waals surface area contributed by atoms with Crippen LogP contribution in [0.1, 0.15) is 58.1 Å². The fourth-order valence-corrected chi connectivity index (χ4v) is 3.77. The van der Waals surface area contributed by atoms with E-state index >= 15 is 0 Å². The molecule has 0 aromatic carbocycles. The van der Waals surface area contributed by atoms with Crippen molar-refractivity contribution in [2.45, 2.75) is 58.4 Å². The minimum absolute atomic E-state index is 0.433. The van der Waals surface area contributed by atoms with Crippen molar-refractivity contribution in [2.24, 2.45) is 12.5 Å². The third kappa shape index (κ3) is 1.99. The Morgan fingerprint density at radius 3 is 2.61 bits per heavy atom. The second-order valence-electron chi connectivity index (χ2n) is 5.61. The molecule has 1 aromatic rings. The van der Waals surface area contributed by atoms with Gasteiger partial charge < -0.3 is 5.32 Å². The van der Waals surface area contributed by atoms with Gasteiger partial charge in [0.1, 0.15) is 0 Å². The van der Waals surface area contributed by atoms with Crippen LogP contribution in [0.2, 0.25) is 0 Å². The van der Waals surface area contributed by atoms with Crippen LogP contribution in [0.4, 0.5) is 0 Å². The molecule has 3 nitrogen and oxygen atoms in total. The first kappa shape index (κ1) is 13.6. The van der Waals surface area contributed by atoms with Gasteiger partial charge in [0.2, 0.25) is 0 Å². The summed E-state index contributed by atoms with van der Waals surface area (Å²) >= 11 is 0. The Bertz CT molecular complexity index is 379. The molecule has 1 aliphatic carbocycles. The zero-order valence-electron chi connectivity index (χ0n) is 12.2. The average molecular weight is 249 g/mol. The summed E-state index contributed by atoms with van der Waals surface area (Å²) in [6.07, 6.45) is 6.91. The zero-order chi connectivity index (χ0) is 13.2. The van der Waals surface area contributed by atoms with E-state index in [1.165, 1.54) is 31.4 Å². The lowest BCUT2D eigenvalue weighted by molar-refractivity contribution is 0.0161. The van der Waals surface area contributed by atoms with Gasteiger partial charge in [-0.25, -0.2) is 0 Å². The van der Waals surface area contributed by atoms with Gasteiger partial charge in [-0.1, -0.05) is 20.8 Å². The molecule has 2 unspecified atom stereocenters. The van der Waals surface area contributed by atoms with Gasteiger partial charge in [-0.2, -0.15) is 5.10 Å². The van der Waals surface area contributed by atoms with Crippen molar-refractivity contribution >= 4 is 0 Å². The van der Waals surface area contributed by atoms with Crippen LogP contribution in [-0.2, 0) is 7.05 Å². The van der Waals surface area contributed by atoms with Crippen molar-refractivity contribution in [1.82, 2.24) is 15.1 Å². The van der Waals surface area contributed by atoms with Crippen molar-refractivity contribution in [3.8, 4) is 0 Å². The highest BCUT2D eigenvalue weighted by molar-refractivity contribution is 5.22. The third-order valence-corrected chi connectivity index (χ3v) is 5.03. The molecule has 2 rings (SSSR count). The Morgan fingerprint density at radius 2 is 2.11 bits per heavy atom. The normalized spacial score (nSPS) is 26.0. The first-order chi connectivity index (χ1) is 8.69. The lowest BCUT2D eigenvalue weighted by atomic mass is 9.52. The first-order valence-electron chi connectivity index (χ1n) is 7.40. The maximum absolute atomic E-state index is 4.34. The van der Waals surface area contributed by atoms with Crippen LogP contribution in [0.5, 0.6) is 0 Å². The van der Waals surface area contributed by atoms with Crippen LogP contribution in [-0.4, -0.2) is 22.4 Å². The molecule has 3 heteroatoms. The van der Waals surface area contributed by atoms with E-state index in [9.17, 15) is 0 Å². The molecular formula is C15H27N3. The Hall–Kier alpha value is -0.830. The van der Waals surface area contributed by atoms with Crippen LogP contribution >= 0.6 is 0 Å². The van der Waals surface area contributed by atoms with E-state index < -0.39 is 0 Å². The maximum Gasteiger partial charge on any atom is 0.0492 e. The predicted molar refractivity (Wildman–Crippen MR) is 75.7 cm³/mol. The fourth-order valence-electron chi connectivity index (χ4n) is 3.77.